The van der Waals surface area contributed by atoms with Crippen LogP contribution in [0.5, 0.6) is 5.75 Å². The summed E-state index contributed by atoms with van der Waals surface area (Å²) >= 11 is 0. The number of nitrogens with two attached hydrogens (primary N) is 1. The van der Waals surface area contributed by atoms with Gasteiger partial charge in [-0.1, -0.05) is 103 Å². The van der Waals surface area contributed by atoms with E-state index in [-0.39, 0.29) is 17.9 Å². The van der Waals surface area contributed by atoms with E-state index in [1.807, 2.05) is 45.0 Å². The molecule has 1 aliphatic rings. The van der Waals surface area contributed by atoms with Crippen molar-refractivity contribution < 1.29 is 14.3 Å². The van der Waals surface area contributed by atoms with Gasteiger partial charge in [0.05, 0.1) is 5.92 Å². The SMILES string of the molecule is CC(C)(C)OC(=O)C1Cc2c(ccc3c2cc(OCc2ccccc2)c2ccccc23)C(N)C1.c1ccc2c(c1)[nH]c1ccccc12. The fourth-order valence-electron chi connectivity index (χ4n) is 6.78. The second-order valence-corrected chi connectivity index (χ2v) is 13.4. The predicted molar refractivity (Wildman–Crippen MR) is 193 cm³/mol. The molecule has 5 heteroatoms. The Labute approximate surface area is 275 Å². The summed E-state index contributed by atoms with van der Waals surface area (Å²) in [7, 11) is 0. The molecule has 236 valence electrons. The zero-order valence-electron chi connectivity index (χ0n) is 27.1. The topological polar surface area (TPSA) is 77.3 Å². The molecule has 47 heavy (non-hydrogen) atoms. The third kappa shape index (κ3) is 6.32. The van der Waals surface area contributed by atoms with Gasteiger partial charge in [0.2, 0.25) is 0 Å². The number of fused-ring (bicyclic) bond motifs is 8. The molecule has 0 radical (unpaired) electrons. The minimum atomic E-state index is -0.519. The minimum Gasteiger partial charge on any atom is -0.488 e. The molecule has 8 rings (SSSR count). The molecule has 0 saturated carbocycles. The van der Waals surface area contributed by atoms with Gasteiger partial charge < -0.3 is 20.2 Å². The molecule has 0 bridgehead atoms. The van der Waals surface area contributed by atoms with Gasteiger partial charge in [0.15, 0.2) is 0 Å². The second-order valence-electron chi connectivity index (χ2n) is 13.4. The smallest absolute Gasteiger partial charge is 0.309 e. The molecular formula is C42H40N2O3. The van der Waals surface area contributed by atoms with Crippen LogP contribution in [-0.2, 0) is 22.6 Å². The Balaban J connectivity index is 0.000000223. The zero-order valence-corrected chi connectivity index (χ0v) is 27.1. The number of hydrogen-bond donors (Lipinski definition) is 2. The Hall–Kier alpha value is -5.13. The maximum atomic E-state index is 12.9. The van der Waals surface area contributed by atoms with E-state index in [4.69, 9.17) is 15.2 Å². The number of aromatic nitrogens is 1. The number of ether oxygens (including phenoxy) is 2. The van der Waals surface area contributed by atoms with Crippen molar-refractivity contribution in [3.8, 4) is 5.75 Å². The molecule has 0 spiro atoms. The molecule has 1 aromatic heterocycles. The van der Waals surface area contributed by atoms with E-state index in [9.17, 15) is 4.79 Å². The third-order valence-electron chi connectivity index (χ3n) is 8.93. The van der Waals surface area contributed by atoms with Crippen LogP contribution in [-0.4, -0.2) is 16.6 Å². The van der Waals surface area contributed by atoms with Crippen molar-refractivity contribution in [2.75, 3.05) is 0 Å². The van der Waals surface area contributed by atoms with E-state index < -0.39 is 5.60 Å². The van der Waals surface area contributed by atoms with Crippen LogP contribution in [0.2, 0.25) is 0 Å². The number of carbonyl (C=O) groups is 1. The molecule has 6 aromatic carbocycles. The molecule has 5 nitrogen and oxygen atoms in total. The molecule has 1 heterocycles. The molecule has 3 N–H and O–H groups in total. The maximum Gasteiger partial charge on any atom is 0.309 e. The summed E-state index contributed by atoms with van der Waals surface area (Å²) in [5, 5.41) is 7.08. The largest absolute Gasteiger partial charge is 0.488 e. The lowest BCUT2D eigenvalue weighted by molar-refractivity contribution is -0.160. The second kappa shape index (κ2) is 12.6. The van der Waals surface area contributed by atoms with Crippen molar-refractivity contribution in [1.29, 1.82) is 0 Å². The molecule has 0 aliphatic heterocycles. The molecule has 0 fully saturated rings. The van der Waals surface area contributed by atoms with E-state index >= 15 is 0 Å². The number of aromatic amines is 1. The van der Waals surface area contributed by atoms with Crippen molar-refractivity contribution in [2.45, 2.75) is 51.9 Å². The van der Waals surface area contributed by atoms with Crippen LogP contribution in [0.15, 0.2) is 121 Å². The molecule has 1 aliphatic carbocycles. The van der Waals surface area contributed by atoms with Crippen molar-refractivity contribution in [3.05, 3.63) is 138 Å². The Morgan fingerprint density at radius 2 is 1.30 bits per heavy atom. The number of rotatable bonds is 4. The number of esters is 1. The average molecular weight is 621 g/mol. The molecule has 7 aromatic rings. The summed E-state index contributed by atoms with van der Waals surface area (Å²) in [5.41, 5.74) is 11.8. The van der Waals surface area contributed by atoms with Crippen LogP contribution in [0.25, 0.3) is 43.4 Å². The summed E-state index contributed by atoms with van der Waals surface area (Å²) in [6, 6.07) is 41.5. The number of hydrogen-bond acceptors (Lipinski definition) is 4. The first-order valence-corrected chi connectivity index (χ1v) is 16.3. The molecule has 2 atom stereocenters. The third-order valence-corrected chi connectivity index (χ3v) is 8.93. The van der Waals surface area contributed by atoms with Crippen LogP contribution in [0.3, 0.4) is 0 Å². The number of benzene rings is 6. The monoisotopic (exact) mass is 620 g/mol. The molecule has 2 unspecified atom stereocenters. The van der Waals surface area contributed by atoms with Gasteiger partial charge in [0, 0.05) is 33.2 Å². The quantitative estimate of drug-likeness (QED) is 0.152. The van der Waals surface area contributed by atoms with Crippen molar-refractivity contribution in [2.24, 2.45) is 11.7 Å². The number of para-hydroxylation sites is 2. The van der Waals surface area contributed by atoms with Crippen LogP contribution in [0, 0.1) is 5.92 Å². The number of carbonyl (C=O) groups excluding carboxylic acids is 1. The normalized spacial score (nSPS) is 16.1. The van der Waals surface area contributed by atoms with Gasteiger partial charge in [0.25, 0.3) is 0 Å². The van der Waals surface area contributed by atoms with Crippen LogP contribution in [0.1, 0.15) is 49.9 Å². The van der Waals surface area contributed by atoms with Gasteiger partial charge in [0.1, 0.15) is 18.0 Å². The van der Waals surface area contributed by atoms with Gasteiger partial charge in [-0.3, -0.25) is 4.79 Å². The Kier molecular flexibility index (Phi) is 8.17. The van der Waals surface area contributed by atoms with Crippen molar-refractivity contribution in [1.82, 2.24) is 4.98 Å². The lowest BCUT2D eigenvalue weighted by atomic mass is 9.78. The van der Waals surface area contributed by atoms with E-state index in [1.165, 1.54) is 21.8 Å². The van der Waals surface area contributed by atoms with Crippen LogP contribution in [0.4, 0.5) is 0 Å². The van der Waals surface area contributed by atoms with E-state index in [2.05, 4.69) is 102 Å². The summed E-state index contributed by atoms with van der Waals surface area (Å²) in [6.45, 7) is 6.20. The fourth-order valence-corrected chi connectivity index (χ4v) is 6.78. The van der Waals surface area contributed by atoms with Crippen LogP contribution < -0.4 is 10.5 Å². The zero-order chi connectivity index (χ0) is 32.5. The Morgan fingerprint density at radius 1 is 0.723 bits per heavy atom. The summed E-state index contributed by atoms with van der Waals surface area (Å²) in [6.07, 6.45) is 1.21. The fraction of sp³-hybridized carbons (Fsp3) is 0.214. The summed E-state index contributed by atoms with van der Waals surface area (Å²) in [5.74, 6) is 0.410. The first kappa shape index (κ1) is 30.5. The number of nitrogens with one attached hydrogen (secondary N) is 1. The van der Waals surface area contributed by atoms with Crippen molar-refractivity contribution in [3.63, 3.8) is 0 Å². The minimum absolute atomic E-state index is 0.174. The highest BCUT2D eigenvalue weighted by Gasteiger charge is 2.33. The van der Waals surface area contributed by atoms with Gasteiger partial charge in [-0.2, -0.15) is 0 Å². The standard InChI is InChI=1S/C30H31NO3.C12H9N/c1-30(2,3)34-29(32)20-15-25-23(27(31)16-20)14-13-22-21-11-7-8-12-24(21)28(17-26(22)25)33-18-19-9-5-4-6-10-19;1-3-7-11-9(5-1)10-6-2-4-8-12(10)13-11/h4-14,17,20,27H,15-16,18,31H2,1-3H3;1-8,13H. The first-order valence-electron chi connectivity index (χ1n) is 16.3. The van der Waals surface area contributed by atoms with Gasteiger partial charge in [-0.25, -0.2) is 0 Å². The Bertz CT molecular complexity index is 2160. The van der Waals surface area contributed by atoms with Crippen molar-refractivity contribution >= 4 is 49.3 Å². The van der Waals surface area contributed by atoms with Gasteiger partial charge in [-0.05, 0) is 84.7 Å². The summed E-state index contributed by atoms with van der Waals surface area (Å²) < 4.78 is 12.1. The maximum absolute atomic E-state index is 12.9. The molecular weight excluding hydrogens is 580 g/mol. The predicted octanol–water partition coefficient (Wildman–Crippen LogP) is 9.80. The van der Waals surface area contributed by atoms with E-state index in [0.717, 1.165) is 44.0 Å². The van der Waals surface area contributed by atoms with E-state index in [0.29, 0.717) is 19.4 Å². The highest BCUT2D eigenvalue weighted by atomic mass is 16.6. The van der Waals surface area contributed by atoms with Gasteiger partial charge in [-0.15, -0.1) is 0 Å². The van der Waals surface area contributed by atoms with Crippen LogP contribution >= 0.6 is 0 Å². The lowest BCUT2D eigenvalue weighted by Crippen LogP contribution is -2.34. The van der Waals surface area contributed by atoms with E-state index in [1.54, 1.807) is 0 Å². The molecule has 0 saturated heterocycles. The van der Waals surface area contributed by atoms with Gasteiger partial charge >= 0.3 is 5.97 Å². The highest BCUT2D eigenvalue weighted by Crippen LogP contribution is 2.42. The first-order chi connectivity index (χ1) is 22.7. The lowest BCUT2D eigenvalue weighted by Gasteiger charge is -2.31. The summed E-state index contributed by atoms with van der Waals surface area (Å²) in [4.78, 5) is 16.3. The highest BCUT2D eigenvalue weighted by molar-refractivity contribution is 6.11. The average Bonchev–Trinajstić information content (AvgIpc) is 3.46. The Morgan fingerprint density at radius 3 is 1.96 bits per heavy atom. The molecule has 0 amide bonds. The number of H-pyrrole nitrogens is 1.